The predicted octanol–water partition coefficient (Wildman–Crippen LogP) is 3.17. The molecule has 0 bridgehead atoms. The molecule has 3 rings (SSSR count). The molecule has 2 aromatic rings. The Morgan fingerprint density at radius 2 is 1.90 bits per heavy atom. The van der Waals surface area contributed by atoms with Crippen LogP contribution in [-0.2, 0) is 20.9 Å². The highest BCUT2D eigenvalue weighted by atomic mass is 19.1. The van der Waals surface area contributed by atoms with Gasteiger partial charge < -0.3 is 15.0 Å². The lowest BCUT2D eigenvalue weighted by molar-refractivity contribution is -0.139. The van der Waals surface area contributed by atoms with Crippen LogP contribution in [0.1, 0.15) is 29.0 Å². The third-order valence-corrected chi connectivity index (χ3v) is 5.51. The number of nitrogens with zero attached hydrogens (tertiary/aromatic N) is 1. The van der Waals surface area contributed by atoms with Gasteiger partial charge in [-0.3, -0.25) is 9.59 Å². The number of hydrogen-bond donors (Lipinski definition) is 1. The van der Waals surface area contributed by atoms with Crippen molar-refractivity contribution in [2.45, 2.75) is 25.8 Å². The lowest BCUT2D eigenvalue weighted by Crippen LogP contribution is -2.48. The zero-order chi connectivity index (χ0) is 21.7. The van der Waals surface area contributed by atoms with E-state index in [2.05, 4.69) is 5.32 Å². The number of likely N-dealkylation sites (tertiary alicyclic amines) is 1. The Hall–Kier alpha value is -2.80. The number of methoxy groups -OCH3 is 1. The van der Waals surface area contributed by atoms with Gasteiger partial charge in [-0.25, -0.2) is 8.78 Å². The zero-order valence-corrected chi connectivity index (χ0v) is 17.2. The molecule has 2 unspecified atom stereocenters. The van der Waals surface area contributed by atoms with E-state index >= 15 is 0 Å². The van der Waals surface area contributed by atoms with Crippen molar-refractivity contribution < 1.29 is 23.1 Å². The van der Waals surface area contributed by atoms with Gasteiger partial charge in [0.25, 0.3) is 0 Å². The van der Waals surface area contributed by atoms with Crippen LogP contribution in [-0.4, -0.2) is 43.5 Å². The van der Waals surface area contributed by atoms with Crippen LogP contribution in [0.15, 0.2) is 42.5 Å². The summed E-state index contributed by atoms with van der Waals surface area (Å²) in [6.07, 6.45) is 0.519. The second kappa shape index (κ2) is 9.80. The molecule has 0 saturated carbocycles. The van der Waals surface area contributed by atoms with E-state index < -0.39 is 5.92 Å². The van der Waals surface area contributed by atoms with Crippen LogP contribution >= 0.6 is 0 Å². The highest BCUT2D eigenvalue weighted by Gasteiger charge is 2.34. The summed E-state index contributed by atoms with van der Waals surface area (Å²) in [6.45, 7) is 2.40. The number of ether oxygens (including phenoxy) is 1. The van der Waals surface area contributed by atoms with Gasteiger partial charge in [-0.15, -0.1) is 0 Å². The number of piperidine rings is 1. The van der Waals surface area contributed by atoms with Crippen LogP contribution in [0.5, 0.6) is 0 Å². The van der Waals surface area contributed by atoms with Crippen molar-refractivity contribution in [1.82, 2.24) is 10.2 Å². The molecular weight excluding hydrogens is 390 g/mol. The summed E-state index contributed by atoms with van der Waals surface area (Å²) in [5.74, 6) is -1.67. The maximum absolute atomic E-state index is 13.8. The summed E-state index contributed by atoms with van der Waals surface area (Å²) in [5, 5.41) is 2.79. The third-order valence-electron chi connectivity index (χ3n) is 5.51. The molecule has 7 heteroatoms. The predicted molar refractivity (Wildman–Crippen MR) is 109 cm³/mol. The van der Waals surface area contributed by atoms with Crippen molar-refractivity contribution in [3.8, 4) is 0 Å². The summed E-state index contributed by atoms with van der Waals surface area (Å²) in [4.78, 5) is 26.9. The highest BCUT2D eigenvalue weighted by Crippen LogP contribution is 2.31. The first kappa shape index (κ1) is 21.9. The van der Waals surface area contributed by atoms with Crippen LogP contribution in [0.25, 0.3) is 0 Å². The molecular formula is C23H26F2N2O3. The lowest BCUT2D eigenvalue weighted by atomic mass is 9.83. The van der Waals surface area contributed by atoms with Crippen LogP contribution in [0.3, 0.4) is 0 Å². The number of carbonyl (C=O) groups is 2. The van der Waals surface area contributed by atoms with Gasteiger partial charge in [-0.2, -0.15) is 0 Å². The molecule has 0 aromatic heterocycles. The van der Waals surface area contributed by atoms with Crippen LogP contribution < -0.4 is 5.32 Å². The minimum absolute atomic E-state index is 0.0707. The smallest absolute Gasteiger partial charge is 0.248 e. The summed E-state index contributed by atoms with van der Waals surface area (Å²) in [5.41, 5.74) is 1.81. The molecule has 1 aliphatic rings. The number of halogens is 2. The number of nitrogens with one attached hydrogen (secondary N) is 1. The van der Waals surface area contributed by atoms with Crippen molar-refractivity contribution in [2.75, 3.05) is 26.8 Å². The summed E-state index contributed by atoms with van der Waals surface area (Å²) in [7, 11) is 1.45. The maximum Gasteiger partial charge on any atom is 0.248 e. The number of rotatable bonds is 6. The first-order valence-electron chi connectivity index (χ1n) is 9.93. The first-order valence-corrected chi connectivity index (χ1v) is 9.93. The lowest BCUT2D eigenvalue weighted by Gasteiger charge is -2.37. The van der Waals surface area contributed by atoms with Gasteiger partial charge in [0.05, 0.1) is 5.92 Å². The summed E-state index contributed by atoms with van der Waals surface area (Å²) < 4.78 is 32.5. The van der Waals surface area contributed by atoms with Crippen LogP contribution in [0, 0.1) is 24.5 Å². The van der Waals surface area contributed by atoms with E-state index in [9.17, 15) is 18.4 Å². The van der Waals surface area contributed by atoms with E-state index in [1.807, 2.05) is 0 Å². The molecule has 1 fully saturated rings. The Morgan fingerprint density at radius 1 is 1.13 bits per heavy atom. The number of carbonyl (C=O) groups excluding carboxylic acids is 2. The van der Waals surface area contributed by atoms with E-state index in [0.29, 0.717) is 24.1 Å². The van der Waals surface area contributed by atoms with Gasteiger partial charge in [0, 0.05) is 38.2 Å². The monoisotopic (exact) mass is 416 g/mol. The van der Waals surface area contributed by atoms with Crippen molar-refractivity contribution in [3.63, 3.8) is 0 Å². The molecule has 5 nitrogen and oxygen atoms in total. The molecule has 1 N–H and O–H groups in total. The third kappa shape index (κ3) is 5.21. The molecule has 2 aromatic carbocycles. The van der Waals surface area contributed by atoms with Gasteiger partial charge in [0.2, 0.25) is 11.8 Å². The van der Waals surface area contributed by atoms with Gasteiger partial charge in [-0.05, 0) is 36.6 Å². The fraction of sp³-hybridized carbons (Fsp3) is 0.391. The minimum Gasteiger partial charge on any atom is -0.375 e. The second-order valence-corrected chi connectivity index (χ2v) is 7.68. The Labute approximate surface area is 175 Å². The molecule has 160 valence electrons. The van der Waals surface area contributed by atoms with Crippen molar-refractivity contribution in [2.24, 2.45) is 5.92 Å². The zero-order valence-electron chi connectivity index (χ0n) is 17.2. The summed E-state index contributed by atoms with van der Waals surface area (Å²) in [6, 6.07) is 11.1. The van der Waals surface area contributed by atoms with Gasteiger partial charge in [-0.1, -0.05) is 30.3 Å². The topological polar surface area (TPSA) is 58.6 Å². The molecule has 2 amide bonds. The molecule has 1 aliphatic heterocycles. The Kier molecular flexibility index (Phi) is 7.15. The van der Waals surface area contributed by atoms with Crippen molar-refractivity contribution >= 4 is 11.8 Å². The van der Waals surface area contributed by atoms with E-state index in [1.54, 1.807) is 42.2 Å². The van der Waals surface area contributed by atoms with Gasteiger partial charge in [0.15, 0.2) is 0 Å². The molecule has 2 atom stereocenters. The molecule has 0 radical (unpaired) electrons. The van der Waals surface area contributed by atoms with Crippen molar-refractivity contribution in [3.05, 3.63) is 70.8 Å². The summed E-state index contributed by atoms with van der Waals surface area (Å²) >= 11 is 0. The van der Waals surface area contributed by atoms with Gasteiger partial charge in [0.1, 0.15) is 18.2 Å². The molecule has 30 heavy (non-hydrogen) atoms. The Morgan fingerprint density at radius 3 is 2.60 bits per heavy atom. The number of amides is 2. The molecule has 1 saturated heterocycles. The molecule has 1 heterocycles. The quantitative estimate of drug-likeness (QED) is 0.787. The van der Waals surface area contributed by atoms with Crippen LogP contribution in [0.2, 0.25) is 0 Å². The maximum atomic E-state index is 13.8. The minimum atomic E-state index is -0.457. The first-order chi connectivity index (χ1) is 14.4. The Bertz CT molecular complexity index is 919. The van der Waals surface area contributed by atoms with E-state index in [4.69, 9.17) is 4.74 Å². The number of hydrogen-bond acceptors (Lipinski definition) is 3. The van der Waals surface area contributed by atoms with E-state index in [0.717, 1.165) is 5.56 Å². The van der Waals surface area contributed by atoms with E-state index in [1.165, 1.54) is 19.2 Å². The average molecular weight is 416 g/mol. The molecule has 0 spiro atoms. The standard InChI is InChI=1S/C23H26F2N2O3/c1-15-9-16(7-8-20(15)24)18-10-19(13-27(12-18)22(28)14-30-2)23(29)26-11-17-5-3-4-6-21(17)25/h3-9,18-19H,10-14H2,1-2H3,(H,26,29). The van der Waals surface area contributed by atoms with E-state index in [-0.39, 0.29) is 49.1 Å². The SMILES string of the molecule is COCC(=O)N1CC(C(=O)NCc2ccccc2F)CC(c2ccc(F)c(C)c2)C1. The number of benzene rings is 2. The fourth-order valence-electron chi connectivity index (χ4n) is 3.84. The fourth-order valence-corrected chi connectivity index (χ4v) is 3.84. The highest BCUT2D eigenvalue weighted by molar-refractivity contribution is 5.82. The van der Waals surface area contributed by atoms with Crippen molar-refractivity contribution in [1.29, 1.82) is 0 Å². The average Bonchev–Trinajstić information content (AvgIpc) is 2.74. The van der Waals surface area contributed by atoms with Gasteiger partial charge >= 0.3 is 0 Å². The number of aryl methyl sites for hydroxylation is 1. The largest absolute Gasteiger partial charge is 0.375 e. The Balaban J connectivity index is 1.76. The van der Waals surface area contributed by atoms with Crippen LogP contribution in [0.4, 0.5) is 8.78 Å². The normalized spacial score (nSPS) is 18.9. The molecule has 0 aliphatic carbocycles. The second-order valence-electron chi connectivity index (χ2n) is 7.68.